The smallest absolute Gasteiger partial charge is 0.261 e. The van der Waals surface area contributed by atoms with Crippen LogP contribution in [0.3, 0.4) is 0 Å². The van der Waals surface area contributed by atoms with Crippen LogP contribution in [-0.2, 0) is 17.6 Å². The monoisotopic (exact) mass is 303 g/mol. The van der Waals surface area contributed by atoms with E-state index in [2.05, 4.69) is 4.98 Å². The highest BCUT2D eigenvalue weighted by Crippen LogP contribution is 2.23. The second kappa shape index (κ2) is 5.94. The number of aromatic nitrogens is 1. The quantitative estimate of drug-likeness (QED) is 0.855. The predicted octanol–water partition coefficient (Wildman–Crippen LogP) is 0.591. The van der Waals surface area contributed by atoms with E-state index in [-0.39, 0.29) is 28.9 Å². The van der Waals surface area contributed by atoms with E-state index in [4.69, 9.17) is 5.73 Å². The number of carbonyl (C=O) groups is 2. The van der Waals surface area contributed by atoms with Gasteiger partial charge in [0.2, 0.25) is 5.91 Å². The summed E-state index contributed by atoms with van der Waals surface area (Å²) in [4.78, 5) is 40.2. The third-order valence-electron chi connectivity index (χ3n) is 4.71. The molecule has 6 nitrogen and oxygen atoms in total. The van der Waals surface area contributed by atoms with Gasteiger partial charge in [-0.15, -0.1) is 0 Å². The highest BCUT2D eigenvalue weighted by atomic mass is 16.2. The number of H-pyrrole nitrogens is 1. The van der Waals surface area contributed by atoms with Gasteiger partial charge in [-0.2, -0.15) is 0 Å². The molecule has 1 fully saturated rings. The Kier molecular flexibility index (Phi) is 4.00. The average molecular weight is 303 g/mol. The number of likely N-dealkylation sites (tertiary alicyclic amines) is 1. The van der Waals surface area contributed by atoms with Crippen LogP contribution >= 0.6 is 0 Å². The molecular formula is C16H21N3O3. The molecule has 0 radical (unpaired) electrons. The lowest BCUT2D eigenvalue weighted by atomic mass is 9.93. The van der Waals surface area contributed by atoms with E-state index in [0.29, 0.717) is 19.5 Å². The topological polar surface area (TPSA) is 96.3 Å². The van der Waals surface area contributed by atoms with Crippen molar-refractivity contribution in [3.8, 4) is 0 Å². The highest BCUT2D eigenvalue weighted by molar-refractivity contribution is 5.94. The third-order valence-corrected chi connectivity index (χ3v) is 4.71. The minimum absolute atomic E-state index is 0.200. The number of carbonyl (C=O) groups excluding carboxylic acids is 2. The van der Waals surface area contributed by atoms with Crippen molar-refractivity contribution >= 4 is 11.8 Å². The standard InChI is InChI=1S/C16H21N3O3/c17-14(20)8-10-4-6-19(7-5-10)16(22)12-9-11-2-1-3-13(11)18-15(12)21/h9-10H,1-8H2,(H2,17,20)(H,18,21). The Balaban J connectivity index is 1.70. The molecule has 3 rings (SSSR count). The van der Waals surface area contributed by atoms with Crippen LogP contribution in [0.25, 0.3) is 0 Å². The van der Waals surface area contributed by atoms with Crippen LogP contribution in [0.15, 0.2) is 10.9 Å². The lowest BCUT2D eigenvalue weighted by Crippen LogP contribution is -2.41. The summed E-state index contributed by atoms with van der Waals surface area (Å²) in [7, 11) is 0. The Labute approximate surface area is 128 Å². The molecule has 1 aliphatic heterocycles. The normalized spacial score (nSPS) is 18.3. The van der Waals surface area contributed by atoms with E-state index in [1.165, 1.54) is 0 Å². The molecule has 1 aromatic rings. The fraction of sp³-hybridized carbons (Fsp3) is 0.562. The number of nitrogens with one attached hydrogen (secondary N) is 1. The molecule has 0 atom stereocenters. The van der Waals surface area contributed by atoms with Gasteiger partial charge in [-0.05, 0) is 49.7 Å². The van der Waals surface area contributed by atoms with Gasteiger partial charge < -0.3 is 15.6 Å². The maximum atomic E-state index is 12.6. The molecule has 3 N–H and O–H groups in total. The van der Waals surface area contributed by atoms with E-state index in [1.54, 1.807) is 11.0 Å². The van der Waals surface area contributed by atoms with Crippen LogP contribution in [0.2, 0.25) is 0 Å². The average Bonchev–Trinajstić information content (AvgIpc) is 2.93. The van der Waals surface area contributed by atoms with E-state index in [1.807, 2.05) is 0 Å². The summed E-state index contributed by atoms with van der Waals surface area (Å²) in [6.45, 7) is 1.15. The summed E-state index contributed by atoms with van der Waals surface area (Å²) in [6.07, 6.45) is 4.74. The Bertz CT molecular complexity index is 657. The van der Waals surface area contributed by atoms with E-state index < -0.39 is 0 Å². The number of piperidine rings is 1. The largest absolute Gasteiger partial charge is 0.370 e. The maximum absolute atomic E-state index is 12.6. The lowest BCUT2D eigenvalue weighted by molar-refractivity contribution is -0.119. The molecule has 2 aliphatic rings. The molecule has 0 saturated carbocycles. The number of amides is 2. The number of hydrogen-bond acceptors (Lipinski definition) is 3. The fourth-order valence-electron chi connectivity index (χ4n) is 3.47. The summed E-state index contributed by atoms with van der Waals surface area (Å²) >= 11 is 0. The molecular weight excluding hydrogens is 282 g/mol. The highest BCUT2D eigenvalue weighted by Gasteiger charge is 2.27. The summed E-state index contributed by atoms with van der Waals surface area (Å²) in [5.74, 6) is -0.242. The first-order chi connectivity index (χ1) is 10.5. The van der Waals surface area contributed by atoms with Crippen LogP contribution < -0.4 is 11.3 Å². The van der Waals surface area contributed by atoms with Gasteiger partial charge in [0.15, 0.2) is 0 Å². The molecule has 2 amide bonds. The zero-order valence-electron chi connectivity index (χ0n) is 12.6. The second-order valence-corrected chi connectivity index (χ2v) is 6.28. The first-order valence-corrected chi connectivity index (χ1v) is 7.87. The molecule has 1 saturated heterocycles. The summed E-state index contributed by atoms with van der Waals surface area (Å²) in [5.41, 5.74) is 7.24. The van der Waals surface area contributed by atoms with Crippen LogP contribution in [0, 0.1) is 5.92 Å². The van der Waals surface area contributed by atoms with Crippen LogP contribution in [-0.4, -0.2) is 34.8 Å². The van der Waals surface area contributed by atoms with Crippen molar-refractivity contribution in [1.29, 1.82) is 0 Å². The van der Waals surface area contributed by atoms with E-state index >= 15 is 0 Å². The molecule has 1 aliphatic carbocycles. The minimum atomic E-state index is -0.292. The zero-order valence-corrected chi connectivity index (χ0v) is 12.6. The third kappa shape index (κ3) is 2.91. The van der Waals surface area contributed by atoms with Crippen molar-refractivity contribution in [3.63, 3.8) is 0 Å². The molecule has 118 valence electrons. The Hall–Kier alpha value is -2.11. The molecule has 0 spiro atoms. The number of pyridine rings is 1. The minimum Gasteiger partial charge on any atom is -0.370 e. The number of aromatic amines is 1. The zero-order chi connectivity index (χ0) is 15.7. The van der Waals surface area contributed by atoms with Gasteiger partial charge in [-0.3, -0.25) is 14.4 Å². The molecule has 1 aromatic heterocycles. The number of nitrogens with two attached hydrogens (primary N) is 1. The maximum Gasteiger partial charge on any atom is 0.261 e. The Morgan fingerprint density at radius 3 is 2.68 bits per heavy atom. The first kappa shape index (κ1) is 14.8. The molecule has 0 aromatic carbocycles. The van der Waals surface area contributed by atoms with Crippen LogP contribution in [0.5, 0.6) is 0 Å². The number of rotatable bonds is 3. The van der Waals surface area contributed by atoms with Gasteiger partial charge in [0.05, 0.1) is 0 Å². The number of hydrogen-bond donors (Lipinski definition) is 2. The number of primary amides is 1. The summed E-state index contributed by atoms with van der Waals surface area (Å²) < 4.78 is 0. The van der Waals surface area contributed by atoms with Crippen LogP contribution in [0.1, 0.15) is 47.3 Å². The fourth-order valence-corrected chi connectivity index (χ4v) is 3.47. The molecule has 6 heteroatoms. The number of aryl methyl sites for hydroxylation is 2. The SMILES string of the molecule is NC(=O)CC1CCN(C(=O)c2cc3c([nH]c2=O)CCC3)CC1. The van der Waals surface area contributed by atoms with E-state index in [9.17, 15) is 14.4 Å². The lowest BCUT2D eigenvalue weighted by Gasteiger charge is -2.31. The van der Waals surface area contributed by atoms with Crippen molar-refractivity contribution in [3.05, 3.63) is 33.2 Å². The van der Waals surface area contributed by atoms with Gasteiger partial charge in [-0.25, -0.2) is 0 Å². The van der Waals surface area contributed by atoms with Crippen molar-refractivity contribution in [2.45, 2.75) is 38.5 Å². The van der Waals surface area contributed by atoms with Gasteiger partial charge in [-0.1, -0.05) is 0 Å². The Morgan fingerprint density at radius 1 is 1.27 bits per heavy atom. The van der Waals surface area contributed by atoms with E-state index in [0.717, 1.165) is 43.4 Å². The second-order valence-electron chi connectivity index (χ2n) is 6.28. The van der Waals surface area contributed by atoms with Gasteiger partial charge in [0.1, 0.15) is 5.56 Å². The van der Waals surface area contributed by atoms with Gasteiger partial charge in [0.25, 0.3) is 11.5 Å². The molecule has 0 unspecified atom stereocenters. The first-order valence-electron chi connectivity index (χ1n) is 7.87. The summed E-state index contributed by atoms with van der Waals surface area (Å²) in [5, 5.41) is 0. The molecule has 0 bridgehead atoms. The van der Waals surface area contributed by atoms with Crippen molar-refractivity contribution in [1.82, 2.24) is 9.88 Å². The Morgan fingerprint density at radius 2 is 2.00 bits per heavy atom. The summed E-state index contributed by atoms with van der Waals surface area (Å²) in [6, 6.07) is 1.76. The van der Waals surface area contributed by atoms with Crippen LogP contribution in [0.4, 0.5) is 0 Å². The van der Waals surface area contributed by atoms with Crippen molar-refractivity contribution in [2.24, 2.45) is 11.7 Å². The predicted molar refractivity (Wildman–Crippen MR) is 81.5 cm³/mol. The van der Waals surface area contributed by atoms with Gasteiger partial charge >= 0.3 is 0 Å². The number of fused-ring (bicyclic) bond motifs is 1. The number of nitrogens with zero attached hydrogens (tertiary/aromatic N) is 1. The van der Waals surface area contributed by atoms with Crippen molar-refractivity contribution < 1.29 is 9.59 Å². The molecule has 22 heavy (non-hydrogen) atoms. The van der Waals surface area contributed by atoms with Gasteiger partial charge in [0, 0.05) is 25.2 Å². The van der Waals surface area contributed by atoms with Crippen molar-refractivity contribution in [2.75, 3.05) is 13.1 Å². The molecule has 2 heterocycles.